The maximum atomic E-state index is 10.6. The van der Waals surface area contributed by atoms with Crippen molar-refractivity contribution in [3.05, 3.63) is 0 Å². The predicted molar refractivity (Wildman–Crippen MR) is 46.0 cm³/mol. The second kappa shape index (κ2) is 4.86. The van der Waals surface area contributed by atoms with Gasteiger partial charge in [0.05, 0.1) is 12.7 Å². The largest absolute Gasteiger partial charge is 0.479 e. The van der Waals surface area contributed by atoms with Gasteiger partial charge in [-0.25, -0.2) is 4.79 Å². The quantitative estimate of drug-likeness (QED) is 0.351. The summed E-state index contributed by atoms with van der Waals surface area (Å²) in [6.07, 6.45) is -6.93. The highest BCUT2D eigenvalue weighted by Gasteiger charge is 2.42. The summed E-state index contributed by atoms with van der Waals surface area (Å²) in [5.74, 6) is -1.28. The van der Waals surface area contributed by atoms with Crippen LogP contribution in [0.2, 0.25) is 0 Å². The van der Waals surface area contributed by atoms with E-state index in [0.717, 1.165) is 0 Å². The molecule has 0 aliphatic carbocycles. The van der Waals surface area contributed by atoms with Crippen molar-refractivity contribution < 1.29 is 35.1 Å². The minimum absolute atomic E-state index is 0.245. The Bertz CT molecular complexity index is 231. The third-order valence-electron chi connectivity index (χ3n) is 2.35. The SMILES string of the molecule is O=C(O)[C@H]1C[C@H](O)[C@@H](O)[C@H]([C@H](O)CO)O1. The maximum Gasteiger partial charge on any atom is 0.332 e. The van der Waals surface area contributed by atoms with Crippen molar-refractivity contribution in [3.8, 4) is 0 Å². The van der Waals surface area contributed by atoms with Crippen molar-refractivity contribution >= 4 is 5.97 Å². The standard InChI is InChI=1S/C8H14O7/c9-2-4(11)7-6(12)3(10)1-5(15-7)8(13)14/h3-7,9-12H,1-2H2,(H,13,14)/t3-,4+,5+,6+,7-/m0/s1. The Kier molecular flexibility index (Phi) is 4.00. The van der Waals surface area contributed by atoms with Crippen LogP contribution >= 0.6 is 0 Å². The Morgan fingerprint density at radius 3 is 2.53 bits per heavy atom. The van der Waals surface area contributed by atoms with E-state index in [9.17, 15) is 20.1 Å². The Hall–Kier alpha value is -0.730. The van der Waals surface area contributed by atoms with Gasteiger partial charge >= 0.3 is 5.97 Å². The Balaban J connectivity index is 2.72. The average molecular weight is 222 g/mol. The molecule has 1 saturated heterocycles. The number of hydrogen-bond acceptors (Lipinski definition) is 6. The molecule has 0 aromatic rings. The van der Waals surface area contributed by atoms with Crippen molar-refractivity contribution in [2.24, 2.45) is 0 Å². The van der Waals surface area contributed by atoms with Crippen molar-refractivity contribution in [1.82, 2.24) is 0 Å². The molecule has 5 N–H and O–H groups in total. The Morgan fingerprint density at radius 2 is 2.07 bits per heavy atom. The lowest BCUT2D eigenvalue weighted by Crippen LogP contribution is -2.55. The number of carboxylic acid groups (broad SMARTS) is 1. The van der Waals surface area contributed by atoms with Gasteiger partial charge < -0.3 is 30.3 Å². The first-order valence-corrected chi connectivity index (χ1v) is 4.50. The smallest absolute Gasteiger partial charge is 0.332 e. The van der Waals surface area contributed by atoms with E-state index in [0.29, 0.717) is 0 Å². The van der Waals surface area contributed by atoms with Gasteiger partial charge in [-0.2, -0.15) is 0 Å². The minimum Gasteiger partial charge on any atom is -0.479 e. The van der Waals surface area contributed by atoms with E-state index in [1.54, 1.807) is 0 Å². The van der Waals surface area contributed by atoms with Crippen LogP contribution in [0.15, 0.2) is 0 Å². The molecular formula is C8H14O7. The summed E-state index contributed by atoms with van der Waals surface area (Å²) < 4.78 is 4.86. The van der Waals surface area contributed by atoms with E-state index < -0.39 is 43.1 Å². The number of ether oxygens (including phenoxy) is 1. The second-order valence-electron chi connectivity index (χ2n) is 3.47. The molecule has 88 valence electrons. The second-order valence-corrected chi connectivity index (χ2v) is 3.47. The molecule has 15 heavy (non-hydrogen) atoms. The zero-order chi connectivity index (χ0) is 11.6. The number of aliphatic carboxylic acids is 1. The summed E-state index contributed by atoms with van der Waals surface area (Å²) in [4.78, 5) is 10.6. The molecule has 0 spiro atoms. The topological polar surface area (TPSA) is 127 Å². The average Bonchev–Trinajstić information content (AvgIpc) is 2.20. The van der Waals surface area contributed by atoms with Gasteiger partial charge in [0, 0.05) is 6.42 Å². The summed E-state index contributed by atoms with van der Waals surface area (Å²) >= 11 is 0. The lowest BCUT2D eigenvalue weighted by atomic mass is 9.95. The monoisotopic (exact) mass is 222 g/mol. The lowest BCUT2D eigenvalue weighted by Gasteiger charge is -2.37. The van der Waals surface area contributed by atoms with Gasteiger partial charge in [-0.05, 0) is 0 Å². The summed E-state index contributed by atoms with van der Waals surface area (Å²) in [6, 6.07) is 0. The summed E-state index contributed by atoms with van der Waals surface area (Å²) in [5.41, 5.74) is 0. The highest BCUT2D eigenvalue weighted by Crippen LogP contribution is 2.22. The normalized spacial score (nSPS) is 38.7. The number of aliphatic hydroxyl groups is 4. The van der Waals surface area contributed by atoms with E-state index in [2.05, 4.69) is 0 Å². The van der Waals surface area contributed by atoms with Gasteiger partial charge in [-0.3, -0.25) is 0 Å². The molecule has 1 aliphatic heterocycles. The molecule has 7 heteroatoms. The molecule has 0 amide bonds. The summed E-state index contributed by atoms with van der Waals surface area (Å²) in [7, 11) is 0. The van der Waals surface area contributed by atoms with Crippen molar-refractivity contribution in [2.45, 2.75) is 36.9 Å². The van der Waals surface area contributed by atoms with Gasteiger partial charge in [-0.15, -0.1) is 0 Å². The summed E-state index contributed by atoms with van der Waals surface area (Å²) in [6.45, 7) is -0.680. The van der Waals surface area contributed by atoms with Crippen LogP contribution in [0.25, 0.3) is 0 Å². The molecule has 1 heterocycles. The van der Waals surface area contributed by atoms with Gasteiger partial charge in [0.15, 0.2) is 6.10 Å². The Labute approximate surface area is 85.5 Å². The molecule has 7 nitrogen and oxygen atoms in total. The van der Waals surface area contributed by atoms with Crippen LogP contribution in [-0.2, 0) is 9.53 Å². The molecule has 0 unspecified atom stereocenters. The highest BCUT2D eigenvalue weighted by atomic mass is 16.6. The van der Waals surface area contributed by atoms with Gasteiger partial charge in [0.25, 0.3) is 0 Å². The predicted octanol–water partition coefficient (Wildman–Crippen LogP) is -2.70. The van der Waals surface area contributed by atoms with Crippen LogP contribution in [0, 0.1) is 0 Å². The van der Waals surface area contributed by atoms with E-state index >= 15 is 0 Å². The van der Waals surface area contributed by atoms with Crippen LogP contribution in [-0.4, -0.2) is 68.6 Å². The molecule has 1 aliphatic rings. The van der Waals surface area contributed by atoms with E-state index in [1.807, 2.05) is 0 Å². The van der Waals surface area contributed by atoms with Crippen LogP contribution in [0.5, 0.6) is 0 Å². The van der Waals surface area contributed by atoms with Crippen LogP contribution in [0.4, 0.5) is 0 Å². The zero-order valence-electron chi connectivity index (χ0n) is 7.85. The number of carboxylic acids is 1. The Morgan fingerprint density at radius 1 is 1.47 bits per heavy atom. The molecule has 5 atom stereocenters. The first-order chi connectivity index (χ1) is 6.97. The fourth-order valence-corrected chi connectivity index (χ4v) is 1.48. The van der Waals surface area contributed by atoms with Crippen LogP contribution in [0.3, 0.4) is 0 Å². The number of carbonyl (C=O) groups is 1. The molecule has 0 radical (unpaired) electrons. The number of hydrogen-bond donors (Lipinski definition) is 5. The highest BCUT2D eigenvalue weighted by molar-refractivity contribution is 5.72. The number of aliphatic hydroxyl groups excluding tert-OH is 4. The number of rotatable bonds is 3. The first-order valence-electron chi connectivity index (χ1n) is 4.50. The zero-order valence-corrected chi connectivity index (χ0v) is 7.85. The van der Waals surface area contributed by atoms with Crippen molar-refractivity contribution in [3.63, 3.8) is 0 Å². The van der Waals surface area contributed by atoms with Gasteiger partial charge in [-0.1, -0.05) is 0 Å². The maximum absolute atomic E-state index is 10.6. The van der Waals surface area contributed by atoms with Crippen molar-refractivity contribution in [1.29, 1.82) is 0 Å². The molecule has 0 aromatic carbocycles. The van der Waals surface area contributed by atoms with E-state index in [4.69, 9.17) is 14.9 Å². The molecule has 1 fully saturated rings. The fraction of sp³-hybridized carbons (Fsp3) is 0.875. The molecule has 0 saturated carbocycles. The molecule has 0 aromatic heterocycles. The molecule has 0 bridgehead atoms. The van der Waals surface area contributed by atoms with Crippen LogP contribution < -0.4 is 0 Å². The van der Waals surface area contributed by atoms with Gasteiger partial charge in [0.1, 0.15) is 18.3 Å². The fourth-order valence-electron chi connectivity index (χ4n) is 1.48. The van der Waals surface area contributed by atoms with Gasteiger partial charge in [0.2, 0.25) is 0 Å². The first kappa shape index (κ1) is 12.3. The lowest BCUT2D eigenvalue weighted by molar-refractivity contribution is -0.212. The minimum atomic E-state index is -1.42. The van der Waals surface area contributed by atoms with Crippen molar-refractivity contribution in [2.75, 3.05) is 6.61 Å². The third-order valence-corrected chi connectivity index (χ3v) is 2.35. The van der Waals surface area contributed by atoms with E-state index in [-0.39, 0.29) is 6.42 Å². The van der Waals surface area contributed by atoms with E-state index in [1.165, 1.54) is 0 Å². The molecular weight excluding hydrogens is 208 g/mol. The van der Waals surface area contributed by atoms with Crippen LogP contribution in [0.1, 0.15) is 6.42 Å². The third kappa shape index (κ3) is 2.64. The molecule has 1 rings (SSSR count). The summed E-state index contributed by atoms with van der Waals surface area (Å²) in [5, 5.41) is 45.3.